The number of imidazole rings is 1. The zero-order chi connectivity index (χ0) is 14.1. The molecule has 0 spiro atoms. The van der Waals surface area contributed by atoms with Gasteiger partial charge in [-0.15, -0.1) is 0 Å². The Kier molecular flexibility index (Phi) is 3.12. The SMILES string of the molecule is CN(C)c1ccn2cc(-c3ccc(CO)cc3)nc2n1. The molecule has 5 heteroatoms. The minimum Gasteiger partial charge on any atom is -0.392 e. The molecule has 0 saturated carbocycles. The van der Waals surface area contributed by atoms with E-state index in [4.69, 9.17) is 5.11 Å². The smallest absolute Gasteiger partial charge is 0.236 e. The molecule has 5 nitrogen and oxygen atoms in total. The number of hydrogen-bond acceptors (Lipinski definition) is 4. The average Bonchev–Trinajstić information content (AvgIpc) is 2.90. The molecule has 0 fully saturated rings. The van der Waals surface area contributed by atoms with Crippen molar-refractivity contribution in [3.63, 3.8) is 0 Å². The standard InChI is InChI=1S/C15H16N4O/c1-18(2)14-7-8-19-9-13(16-15(19)17-14)12-5-3-11(10-20)4-6-12/h3-9,20H,10H2,1-2H3. The van der Waals surface area contributed by atoms with Gasteiger partial charge in [-0.1, -0.05) is 24.3 Å². The molecule has 0 aliphatic rings. The van der Waals surface area contributed by atoms with E-state index >= 15 is 0 Å². The molecule has 102 valence electrons. The van der Waals surface area contributed by atoms with Gasteiger partial charge in [0.05, 0.1) is 12.3 Å². The first-order chi connectivity index (χ1) is 9.67. The summed E-state index contributed by atoms with van der Waals surface area (Å²) < 4.78 is 1.91. The van der Waals surface area contributed by atoms with E-state index in [2.05, 4.69) is 9.97 Å². The molecule has 2 aromatic heterocycles. The fraction of sp³-hybridized carbons (Fsp3) is 0.200. The van der Waals surface area contributed by atoms with Crippen LogP contribution in [0.2, 0.25) is 0 Å². The molecule has 0 saturated heterocycles. The van der Waals surface area contributed by atoms with Gasteiger partial charge in [0.15, 0.2) is 0 Å². The van der Waals surface area contributed by atoms with Gasteiger partial charge in [-0.2, -0.15) is 4.98 Å². The van der Waals surface area contributed by atoms with Crippen LogP contribution in [0.1, 0.15) is 5.56 Å². The molecule has 2 heterocycles. The summed E-state index contributed by atoms with van der Waals surface area (Å²) in [5, 5.41) is 9.06. The van der Waals surface area contributed by atoms with Crippen LogP contribution in [-0.4, -0.2) is 33.6 Å². The minimum atomic E-state index is 0.0548. The highest BCUT2D eigenvalue weighted by atomic mass is 16.3. The van der Waals surface area contributed by atoms with E-state index in [0.717, 1.165) is 22.6 Å². The lowest BCUT2D eigenvalue weighted by atomic mass is 10.1. The number of aliphatic hydroxyl groups excluding tert-OH is 1. The van der Waals surface area contributed by atoms with E-state index in [1.54, 1.807) is 0 Å². The van der Waals surface area contributed by atoms with Crippen molar-refractivity contribution in [2.45, 2.75) is 6.61 Å². The molecule has 0 aliphatic heterocycles. The van der Waals surface area contributed by atoms with Crippen LogP contribution in [0.25, 0.3) is 17.0 Å². The van der Waals surface area contributed by atoms with E-state index in [9.17, 15) is 0 Å². The quantitative estimate of drug-likeness (QED) is 0.789. The van der Waals surface area contributed by atoms with E-state index in [1.807, 2.05) is 66.1 Å². The largest absolute Gasteiger partial charge is 0.392 e. The summed E-state index contributed by atoms with van der Waals surface area (Å²) >= 11 is 0. The Morgan fingerprint density at radius 1 is 1.10 bits per heavy atom. The van der Waals surface area contributed by atoms with Gasteiger partial charge < -0.3 is 10.0 Å². The van der Waals surface area contributed by atoms with Crippen molar-refractivity contribution in [1.29, 1.82) is 0 Å². The molecule has 3 aromatic rings. The van der Waals surface area contributed by atoms with Gasteiger partial charge in [-0.05, 0) is 11.6 Å². The van der Waals surface area contributed by atoms with E-state index in [0.29, 0.717) is 5.78 Å². The molecule has 0 unspecified atom stereocenters. The Bertz CT molecular complexity index is 731. The summed E-state index contributed by atoms with van der Waals surface area (Å²) in [6.45, 7) is 0.0548. The average molecular weight is 268 g/mol. The lowest BCUT2D eigenvalue weighted by molar-refractivity contribution is 0.282. The summed E-state index contributed by atoms with van der Waals surface area (Å²) in [6.07, 6.45) is 3.91. The first-order valence-corrected chi connectivity index (χ1v) is 6.40. The summed E-state index contributed by atoms with van der Waals surface area (Å²) in [4.78, 5) is 11.0. The van der Waals surface area contributed by atoms with Gasteiger partial charge in [-0.25, -0.2) is 4.98 Å². The lowest BCUT2D eigenvalue weighted by Gasteiger charge is -2.09. The first kappa shape index (κ1) is 12.6. The minimum absolute atomic E-state index is 0.0548. The molecule has 1 aromatic carbocycles. The summed E-state index contributed by atoms with van der Waals surface area (Å²) in [5.74, 6) is 1.56. The Morgan fingerprint density at radius 2 is 1.85 bits per heavy atom. The second kappa shape index (κ2) is 4.94. The monoisotopic (exact) mass is 268 g/mol. The van der Waals surface area contributed by atoms with E-state index < -0.39 is 0 Å². The van der Waals surface area contributed by atoms with Crippen LogP contribution in [0.3, 0.4) is 0 Å². The van der Waals surface area contributed by atoms with Crippen molar-refractivity contribution in [1.82, 2.24) is 14.4 Å². The number of benzene rings is 1. The summed E-state index contributed by atoms with van der Waals surface area (Å²) in [7, 11) is 3.91. The fourth-order valence-electron chi connectivity index (χ4n) is 2.03. The molecule has 0 aliphatic carbocycles. The molecule has 0 amide bonds. The van der Waals surface area contributed by atoms with Crippen molar-refractivity contribution in [2.75, 3.05) is 19.0 Å². The van der Waals surface area contributed by atoms with Crippen molar-refractivity contribution in [2.24, 2.45) is 0 Å². The van der Waals surface area contributed by atoms with Crippen LogP contribution in [0, 0.1) is 0 Å². The maximum Gasteiger partial charge on any atom is 0.236 e. The van der Waals surface area contributed by atoms with Crippen LogP contribution >= 0.6 is 0 Å². The molecule has 1 N–H and O–H groups in total. The Hall–Kier alpha value is -2.40. The highest BCUT2D eigenvalue weighted by Crippen LogP contribution is 2.20. The van der Waals surface area contributed by atoms with E-state index in [1.165, 1.54) is 0 Å². The Labute approximate surface area is 117 Å². The first-order valence-electron chi connectivity index (χ1n) is 6.40. The molecule has 3 rings (SSSR count). The second-order valence-corrected chi connectivity index (χ2v) is 4.87. The van der Waals surface area contributed by atoms with Crippen LogP contribution in [0.5, 0.6) is 0 Å². The van der Waals surface area contributed by atoms with Crippen LogP contribution in [0.4, 0.5) is 5.82 Å². The van der Waals surface area contributed by atoms with Gasteiger partial charge >= 0.3 is 0 Å². The summed E-state index contributed by atoms with van der Waals surface area (Å²) in [5.41, 5.74) is 2.78. The van der Waals surface area contributed by atoms with Crippen molar-refractivity contribution in [3.05, 3.63) is 48.3 Å². The van der Waals surface area contributed by atoms with Gasteiger partial charge in [0.2, 0.25) is 5.78 Å². The number of nitrogens with zero attached hydrogens (tertiary/aromatic N) is 4. The number of aliphatic hydroxyl groups is 1. The molecule has 20 heavy (non-hydrogen) atoms. The third kappa shape index (κ3) is 2.23. The Morgan fingerprint density at radius 3 is 2.50 bits per heavy atom. The number of hydrogen-bond donors (Lipinski definition) is 1. The van der Waals surface area contributed by atoms with Crippen molar-refractivity contribution in [3.8, 4) is 11.3 Å². The maximum absolute atomic E-state index is 9.06. The van der Waals surface area contributed by atoms with Gasteiger partial charge in [0, 0.05) is 32.1 Å². The van der Waals surface area contributed by atoms with Gasteiger partial charge in [-0.3, -0.25) is 4.40 Å². The molecule has 0 bridgehead atoms. The predicted octanol–water partition coefficient (Wildman–Crippen LogP) is 1.95. The predicted molar refractivity (Wildman–Crippen MR) is 78.7 cm³/mol. The fourth-order valence-corrected chi connectivity index (χ4v) is 2.03. The Balaban J connectivity index is 2.03. The van der Waals surface area contributed by atoms with Crippen LogP contribution in [0.15, 0.2) is 42.7 Å². The summed E-state index contributed by atoms with van der Waals surface area (Å²) in [6, 6.07) is 9.67. The van der Waals surface area contributed by atoms with Crippen LogP contribution < -0.4 is 4.90 Å². The highest BCUT2D eigenvalue weighted by Gasteiger charge is 2.07. The lowest BCUT2D eigenvalue weighted by Crippen LogP contribution is -2.10. The van der Waals surface area contributed by atoms with Gasteiger partial charge in [0.1, 0.15) is 5.82 Å². The molecule has 0 radical (unpaired) electrons. The van der Waals surface area contributed by atoms with Gasteiger partial charge in [0.25, 0.3) is 0 Å². The number of anilines is 1. The number of aromatic nitrogens is 3. The molecule has 0 atom stereocenters. The zero-order valence-corrected chi connectivity index (χ0v) is 11.5. The van der Waals surface area contributed by atoms with E-state index in [-0.39, 0.29) is 6.61 Å². The zero-order valence-electron chi connectivity index (χ0n) is 11.5. The normalized spacial score (nSPS) is 10.9. The third-order valence-electron chi connectivity index (χ3n) is 3.20. The topological polar surface area (TPSA) is 53.7 Å². The highest BCUT2D eigenvalue weighted by molar-refractivity contribution is 5.62. The number of fused-ring (bicyclic) bond motifs is 1. The van der Waals surface area contributed by atoms with Crippen molar-refractivity contribution < 1.29 is 5.11 Å². The maximum atomic E-state index is 9.06. The molecular formula is C15H16N4O. The third-order valence-corrected chi connectivity index (χ3v) is 3.20. The van der Waals surface area contributed by atoms with Crippen molar-refractivity contribution >= 4 is 11.6 Å². The number of rotatable bonds is 3. The second-order valence-electron chi connectivity index (χ2n) is 4.87. The molecular weight excluding hydrogens is 252 g/mol. The van der Waals surface area contributed by atoms with Crippen LogP contribution in [-0.2, 0) is 6.61 Å².